The van der Waals surface area contributed by atoms with E-state index in [1.165, 1.54) is 11.1 Å². The molecule has 1 aliphatic carbocycles. The van der Waals surface area contributed by atoms with Crippen molar-refractivity contribution in [2.45, 2.75) is 18.9 Å². The minimum Gasteiger partial charge on any atom is -0.383 e. The Morgan fingerprint density at radius 1 is 1.47 bits per heavy atom. The van der Waals surface area contributed by atoms with Crippen LogP contribution in [0.1, 0.15) is 23.6 Å². The van der Waals surface area contributed by atoms with E-state index >= 15 is 0 Å². The van der Waals surface area contributed by atoms with E-state index in [0.29, 0.717) is 0 Å². The summed E-state index contributed by atoms with van der Waals surface area (Å²) in [4.78, 5) is 0. The van der Waals surface area contributed by atoms with Gasteiger partial charge in [0, 0.05) is 5.02 Å². The van der Waals surface area contributed by atoms with E-state index in [0.717, 1.165) is 27.3 Å². The predicted molar refractivity (Wildman–Crippen MR) is 77.3 cm³/mol. The number of hydrogen-bond acceptors (Lipinski definition) is 2. The smallest absolute Gasteiger partial charge is 0.135 e. The number of nitrogens with two attached hydrogens (primary N) is 1. The highest BCUT2D eigenvalue weighted by atomic mass is 127. The lowest BCUT2D eigenvalue weighted by Gasteiger charge is -2.14. The molecule has 3 nitrogen and oxygen atoms in total. The highest BCUT2D eigenvalue weighted by molar-refractivity contribution is 14.1. The summed E-state index contributed by atoms with van der Waals surface area (Å²) in [6, 6.07) is 6.32. The molecule has 1 aromatic carbocycles. The van der Waals surface area contributed by atoms with Crippen LogP contribution in [0.25, 0.3) is 0 Å². The summed E-state index contributed by atoms with van der Waals surface area (Å²) < 4.78 is 2.92. The van der Waals surface area contributed by atoms with Gasteiger partial charge in [0.25, 0.3) is 0 Å². The third-order valence-corrected chi connectivity index (χ3v) is 4.30. The molecule has 0 radical (unpaired) electrons. The Labute approximate surface area is 118 Å². The molecule has 1 aliphatic rings. The largest absolute Gasteiger partial charge is 0.383 e. The molecule has 1 heterocycles. The average molecular weight is 360 g/mol. The van der Waals surface area contributed by atoms with E-state index in [-0.39, 0.29) is 6.04 Å². The lowest BCUT2D eigenvalue weighted by Crippen LogP contribution is -2.12. The van der Waals surface area contributed by atoms with Crippen molar-refractivity contribution in [3.63, 3.8) is 0 Å². The number of halogens is 2. The van der Waals surface area contributed by atoms with Crippen molar-refractivity contribution in [1.82, 2.24) is 9.78 Å². The molecular weight excluding hydrogens is 349 g/mol. The van der Waals surface area contributed by atoms with Crippen molar-refractivity contribution in [3.8, 4) is 0 Å². The van der Waals surface area contributed by atoms with E-state index in [9.17, 15) is 0 Å². The number of aromatic nitrogens is 2. The molecule has 0 bridgehead atoms. The van der Waals surface area contributed by atoms with Gasteiger partial charge in [0.2, 0.25) is 0 Å². The summed E-state index contributed by atoms with van der Waals surface area (Å²) in [6.45, 7) is 0. The van der Waals surface area contributed by atoms with Gasteiger partial charge in [0.1, 0.15) is 5.82 Å². The lowest BCUT2D eigenvalue weighted by atomic mass is 10.1. The molecule has 2 N–H and O–H groups in total. The van der Waals surface area contributed by atoms with E-state index < -0.39 is 0 Å². The number of anilines is 1. The van der Waals surface area contributed by atoms with E-state index in [4.69, 9.17) is 17.3 Å². The molecule has 2 aromatic rings. The number of nitrogen functional groups attached to an aromatic ring is 1. The Balaban J connectivity index is 2.07. The summed E-state index contributed by atoms with van der Waals surface area (Å²) >= 11 is 8.21. The second kappa shape index (κ2) is 4.17. The van der Waals surface area contributed by atoms with Crippen LogP contribution in [-0.2, 0) is 6.42 Å². The standard InChI is InChI=1S/C12H11ClIN3/c13-8-2-3-9-7(5-8)1-4-11(9)17-12(15)10(14)6-16-17/h2-3,5-6,11H,1,4,15H2. The van der Waals surface area contributed by atoms with Crippen molar-refractivity contribution in [1.29, 1.82) is 0 Å². The van der Waals surface area contributed by atoms with Crippen molar-refractivity contribution >= 4 is 40.0 Å². The Kier molecular flexibility index (Phi) is 2.78. The summed E-state index contributed by atoms with van der Waals surface area (Å²) in [5.74, 6) is 0.749. The van der Waals surface area contributed by atoms with Crippen LogP contribution in [0, 0.1) is 3.57 Å². The van der Waals surface area contributed by atoms with Crippen LogP contribution in [0.3, 0.4) is 0 Å². The molecule has 88 valence electrons. The fraction of sp³-hybridized carbons (Fsp3) is 0.250. The van der Waals surface area contributed by atoms with Crippen LogP contribution in [-0.4, -0.2) is 9.78 Å². The van der Waals surface area contributed by atoms with Gasteiger partial charge in [0.05, 0.1) is 15.8 Å². The quantitative estimate of drug-likeness (QED) is 0.794. The molecule has 17 heavy (non-hydrogen) atoms. The summed E-state index contributed by atoms with van der Waals surface area (Å²) in [5, 5.41) is 5.17. The Morgan fingerprint density at radius 2 is 2.29 bits per heavy atom. The molecule has 0 spiro atoms. The fourth-order valence-electron chi connectivity index (χ4n) is 2.42. The second-order valence-corrected chi connectivity index (χ2v) is 5.82. The van der Waals surface area contributed by atoms with Crippen LogP contribution in [0.2, 0.25) is 5.02 Å². The number of hydrogen-bond donors (Lipinski definition) is 1. The zero-order valence-corrected chi connectivity index (χ0v) is 11.9. The van der Waals surface area contributed by atoms with Gasteiger partial charge >= 0.3 is 0 Å². The van der Waals surface area contributed by atoms with Crippen molar-refractivity contribution in [3.05, 3.63) is 44.1 Å². The number of benzene rings is 1. The van der Waals surface area contributed by atoms with Gasteiger partial charge in [-0.15, -0.1) is 0 Å². The molecule has 1 unspecified atom stereocenters. The Hall–Kier alpha value is -0.750. The van der Waals surface area contributed by atoms with Crippen LogP contribution >= 0.6 is 34.2 Å². The second-order valence-electron chi connectivity index (χ2n) is 4.22. The fourth-order valence-corrected chi connectivity index (χ4v) is 2.98. The van der Waals surface area contributed by atoms with Crippen molar-refractivity contribution in [2.75, 3.05) is 5.73 Å². The van der Waals surface area contributed by atoms with Crippen molar-refractivity contribution < 1.29 is 0 Å². The van der Waals surface area contributed by atoms with Gasteiger partial charge in [-0.2, -0.15) is 5.10 Å². The maximum absolute atomic E-state index is 6.04. The molecule has 0 saturated carbocycles. The zero-order valence-electron chi connectivity index (χ0n) is 9.03. The van der Waals surface area contributed by atoms with E-state index in [1.807, 2.05) is 23.0 Å². The molecular formula is C12H11ClIN3. The third-order valence-electron chi connectivity index (χ3n) is 3.23. The van der Waals surface area contributed by atoms with E-state index in [2.05, 4.69) is 33.8 Å². The molecule has 3 rings (SSSR count). The first-order valence-electron chi connectivity index (χ1n) is 5.43. The molecule has 1 aromatic heterocycles. The van der Waals surface area contributed by atoms with Gasteiger partial charge in [-0.25, -0.2) is 4.68 Å². The maximum atomic E-state index is 6.04. The average Bonchev–Trinajstić information content (AvgIpc) is 2.84. The van der Waals surface area contributed by atoms with Crippen LogP contribution < -0.4 is 5.73 Å². The predicted octanol–water partition coefficient (Wildman–Crippen LogP) is 3.26. The van der Waals surface area contributed by atoms with Gasteiger partial charge in [-0.1, -0.05) is 17.7 Å². The van der Waals surface area contributed by atoms with Crippen LogP contribution in [0.4, 0.5) is 5.82 Å². The summed E-state index contributed by atoms with van der Waals surface area (Å²) in [5.41, 5.74) is 8.64. The van der Waals surface area contributed by atoms with Crippen LogP contribution in [0.15, 0.2) is 24.4 Å². The van der Waals surface area contributed by atoms with E-state index in [1.54, 1.807) is 0 Å². The minimum absolute atomic E-state index is 0.255. The normalized spacial score (nSPS) is 18.4. The number of aryl methyl sites for hydroxylation is 1. The highest BCUT2D eigenvalue weighted by Gasteiger charge is 2.26. The number of nitrogens with zero attached hydrogens (tertiary/aromatic N) is 2. The van der Waals surface area contributed by atoms with Gasteiger partial charge < -0.3 is 5.73 Å². The summed E-state index contributed by atoms with van der Waals surface area (Å²) in [7, 11) is 0. The SMILES string of the molecule is Nc1c(I)cnn1C1CCc2cc(Cl)ccc21. The molecule has 0 saturated heterocycles. The van der Waals surface area contributed by atoms with Gasteiger partial charge in [-0.05, 0) is 58.7 Å². The number of fused-ring (bicyclic) bond motifs is 1. The monoisotopic (exact) mass is 359 g/mol. The molecule has 1 atom stereocenters. The van der Waals surface area contributed by atoms with Gasteiger partial charge in [-0.3, -0.25) is 0 Å². The Bertz CT molecular complexity index is 579. The van der Waals surface area contributed by atoms with Crippen LogP contribution in [0.5, 0.6) is 0 Å². The van der Waals surface area contributed by atoms with Gasteiger partial charge in [0.15, 0.2) is 0 Å². The topological polar surface area (TPSA) is 43.8 Å². The zero-order chi connectivity index (χ0) is 12.0. The maximum Gasteiger partial charge on any atom is 0.135 e. The summed E-state index contributed by atoms with van der Waals surface area (Å²) in [6.07, 6.45) is 3.89. The first kappa shape index (κ1) is 11.3. The Morgan fingerprint density at radius 3 is 3.00 bits per heavy atom. The molecule has 0 aliphatic heterocycles. The van der Waals surface area contributed by atoms with Crippen molar-refractivity contribution in [2.24, 2.45) is 0 Å². The first-order chi connectivity index (χ1) is 8.16. The number of rotatable bonds is 1. The minimum atomic E-state index is 0.255. The third kappa shape index (κ3) is 1.83. The molecule has 0 fully saturated rings. The lowest BCUT2D eigenvalue weighted by molar-refractivity contribution is 0.527. The highest BCUT2D eigenvalue weighted by Crippen LogP contribution is 2.37. The molecule has 5 heteroatoms. The first-order valence-corrected chi connectivity index (χ1v) is 6.89. The molecule has 0 amide bonds.